The molecule has 8 nitrogen and oxygen atoms in total. The van der Waals surface area contributed by atoms with E-state index in [1.807, 2.05) is 66.2 Å². The lowest BCUT2D eigenvalue weighted by molar-refractivity contribution is 0.144. The van der Waals surface area contributed by atoms with Gasteiger partial charge in [-0.15, -0.1) is 5.10 Å². The summed E-state index contributed by atoms with van der Waals surface area (Å²) in [6, 6.07) is 21.9. The molecule has 0 fully saturated rings. The Morgan fingerprint density at radius 1 is 1.06 bits per heavy atom. The van der Waals surface area contributed by atoms with Gasteiger partial charge in [0.15, 0.2) is 5.82 Å². The molecule has 0 aliphatic heterocycles. The summed E-state index contributed by atoms with van der Waals surface area (Å²) in [6.45, 7) is 5.69. The van der Waals surface area contributed by atoms with Crippen molar-refractivity contribution in [3.05, 3.63) is 112 Å². The Labute approximate surface area is 209 Å². The third-order valence-corrected chi connectivity index (χ3v) is 6.51. The van der Waals surface area contributed by atoms with Crippen LogP contribution in [0.25, 0.3) is 10.9 Å². The van der Waals surface area contributed by atoms with Crippen LogP contribution < -0.4 is 5.56 Å². The van der Waals surface area contributed by atoms with Crippen molar-refractivity contribution in [3.8, 4) is 0 Å². The lowest BCUT2D eigenvalue weighted by atomic mass is 10.1. The van der Waals surface area contributed by atoms with Crippen LogP contribution in [0.15, 0.2) is 82.2 Å². The van der Waals surface area contributed by atoms with Crippen molar-refractivity contribution in [1.29, 1.82) is 0 Å². The molecule has 3 aromatic heterocycles. The highest BCUT2D eigenvalue weighted by Crippen LogP contribution is 2.28. The number of benzene rings is 2. The van der Waals surface area contributed by atoms with Crippen LogP contribution in [0.3, 0.4) is 0 Å². The molecular formula is C28H30N6O2. The summed E-state index contributed by atoms with van der Waals surface area (Å²) in [5.41, 5.74) is 3.66. The van der Waals surface area contributed by atoms with Crippen molar-refractivity contribution in [2.24, 2.45) is 0 Å². The molecule has 0 bridgehead atoms. The van der Waals surface area contributed by atoms with E-state index in [1.54, 1.807) is 6.26 Å². The fourth-order valence-corrected chi connectivity index (χ4v) is 4.71. The quantitative estimate of drug-likeness (QED) is 0.301. The molecule has 0 amide bonds. The standard InChI is InChI=1S/C28H30N6O2/c1-3-9-25(27-30-31-32-34(27)17-21-11-5-4-6-12-21)33(19-24-14-8-15-36-24)18-23-16-22-13-7-10-20(2)26(22)29-28(23)35/h4-8,10-16,25H,3,9,17-19H2,1-2H3,(H,29,35)/t25-/m0/s1. The summed E-state index contributed by atoms with van der Waals surface area (Å²) in [4.78, 5) is 18.5. The van der Waals surface area contributed by atoms with Crippen LogP contribution in [-0.2, 0) is 19.6 Å². The zero-order chi connectivity index (χ0) is 24.9. The zero-order valence-electron chi connectivity index (χ0n) is 20.6. The van der Waals surface area contributed by atoms with E-state index in [2.05, 4.69) is 44.5 Å². The van der Waals surface area contributed by atoms with Crippen molar-refractivity contribution in [1.82, 2.24) is 30.1 Å². The van der Waals surface area contributed by atoms with Crippen LogP contribution in [-0.4, -0.2) is 30.1 Å². The smallest absolute Gasteiger partial charge is 0.252 e. The highest BCUT2D eigenvalue weighted by atomic mass is 16.3. The molecule has 0 unspecified atom stereocenters. The summed E-state index contributed by atoms with van der Waals surface area (Å²) < 4.78 is 7.56. The summed E-state index contributed by atoms with van der Waals surface area (Å²) in [6.07, 6.45) is 3.44. The molecule has 2 aromatic carbocycles. The van der Waals surface area contributed by atoms with Gasteiger partial charge in [0, 0.05) is 12.1 Å². The average molecular weight is 483 g/mol. The molecule has 0 aliphatic rings. The van der Waals surface area contributed by atoms with Gasteiger partial charge >= 0.3 is 0 Å². The van der Waals surface area contributed by atoms with Crippen LogP contribution in [0.1, 0.15) is 54.1 Å². The Balaban J connectivity index is 1.53. The minimum atomic E-state index is -0.105. The first kappa shape index (κ1) is 23.7. The summed E-state index contributed by atoms with van der Waals surface area (Å²) >= 11 is 0. The van der Waals surface area contributed by atoms with E-state index < -0.39 is 0 Å². The maximum Gasteiger partial charge on any atom is 0.252 e. The molecule has 1 N–H and O–H groups in total. The van der Waals surface area contributed by atoms with Crippen molar-refractivity contribution in [2.75, 3.05) is 0 Å². The van der Waals surface area contributed by atoms with E-state index in [9.17, 15) is 4.79 Å². The first-order valence-electron chi connectivity index (χ1n) is 12.3. The third kappa shape index (κ3) is 5.13. The summed E-state index contributed by atoms with van der Waals surface area (Å²) in [7, 11) is 0. The number of aryl methyl sites for hydroxylation is 1. The molecule has 0 radical (unpaired) electrons. The molecule has 1 atom stereocenters. The first-order valence-corrected chi connectivity index (χ1v) is 12.3. The maximum absolute atomic E-state index is 13.1. The van der Waals surface area contributed by atoms with Crippen LogP contribution in [0.4, 0.5) is 0 Å². The van der Waals surface area contributed by atoms with Crippen molar-refractivity contribution >= 4 is 10.9 Å². The molecule has 184 valence electrons. The molecule has 5 aromatic rings. The number of nitrogens with zero attached hydrogens (tertiary/aromatic N) is 5. The van der Waals surface area contributed by atoms with Crippen LogP contribution in [0.2, 0.25) is 0 Å². The largest absolute Gasteiger partial charge is 0.468 e. The number of furan rings is 1. The van der Waals surface area contributed by atoms with Crippen molar-refractivity contribution in [2.45, 2.75) is 52.4 Å². The first-order chi connectivity index (χ1) is 17.6. The number of nitrogens with one attached hydrogen (secondary N) is 1. The number of H-pyrrole nitrogens is 1. The number of aromatic amines is 1. The maximum atomic E-state index is 13.1. The van der Waals surface area contributed by atoms with Gasteiger partial charge in [-0.1, -0.05) is 61.9 Å². The Hall–Kier alpha value is -4.04. The lowest BCUT2D eigenvalue weighted by Gasteiger charge is -2.30. The zero-order valence-corrected chi connectivity index (χ0v) is 20.6. The molecule has 36 heavy (non-hydrogen) atoms. The van der Waals surface area contributed by atoms with Gasteiger partial charge in [-0.3, -0.25) is 9.69 Å². The Kier molecular flexibility index (Phi) is 7.04. The van der Waals surface area contributed by atoms with Crippen molar-refractivity contribution in [3.63, 3.8) is 0 Å². The van der Waals surface area contributed by atoms with E-state index in [-0.39, 0.29) is 11.6 Å². The van der Waals surface area contributed by atoms with Crippen molar-refractivity contribution < 1.29 is 4.42 Å². The summed E-state index contributed by atoms with van der Waals surface area (Å²) in [5, 5.41) is 13.8. The molecule has 0 saturated heterocycles. The fourth-order valence-electron chi connectivity index (χ4n) is 4.71. The van der Waals surface area contributed by atoms with Gasteiger partial charge in [0.1, 0.15) is 5.76 Å². The Morgan fingerprint density at radius 2 is 1.92 bits per heavy atom. The molecule has 0 spiro atoms. The molecule has 5 rings (SSSR count). The topological polar surface area (TPSA) is 92.8 Å². The minimum Gasteiger partial charge on any atom is -0.468 e. The number of para-hydroxylation sites is 1. The van der Waals surface area contributed by atoms with Gasteiger partial charge in [-0.05, 0) is 58.5 Å². The lowest BCUT2D eigenvalue weighted by Crippen LogP contribution is -2.32. The van der Waals surface area contributed by atoms with Gasteiger partial charge in [-0.25, -0.2) is 4.68 Å². The van der Waals surface area contributed by atoms with E-state index >= 15 is 0 Å². The SMILES string of the molecule is CCC[C@@H](c1nnnn1Cc1ccccc1)N(Cc1ccco1)Cc1cc2cccc(C)c2[nH]c1=O. The van der Waals surface area contributed by atoms with Gasteiger partial charge in [-0.2, -0.15) is 0 Å². The second-order valence-electron chi connectivity index (χ2n) is 9.13. The number of aromatic nitrogens is 5. The monoisotopic (exact) mass is 482 g/mol. The predicted molar refractivity (Wildman–Crippen MR) is 138 cm³/mol. The van der Waals surface area contributed by atoms with Crippen LogP contribution >= 0.6 is 0 Å². The molecule has 3 heterocycles. The second kappa shape index (κ2) is 10.7. The molecule has 0 aliphatic carbocycles. The Bertz CT molecular complexity index is 1470. The third-order valence-electron chi connectivity index (χ3n) is 6.51. The Morgan fingerprint density at radius 3 is 2.69 bits per heavy atom. The van der Waals surface area contributed by atoms with E-state index in [1.165, 1.54) is 0 Å². The predicted octanol–water partition coefficient (Wildman–Crippen LogP) is 5.01. The number of pyridine rings is 1. The second-order valence-corrected chi connectivity index (χ2v) is 9.13. The average Bonchev–Trinajstić information content (AvgIpc) is 3.56. The highest BCUT2D eigenvalue weighted by Gasteiger charge is 2.27. The number of hydrogen-bond acceptors (Lipinski definition) is 6. The highest BCUT2D eigenvalue weighted by molar-refractivity contribution is 5.81. The van der Waals surface area contributed by atoms with Gasteiger partial charge in [0.05, 0.1) is 30.9 Å². The fraction of sp³-hybridized carbons (Fsp3) is 0.286. The molecule has 8 heteroatoms. The number of fused-ring (bicyclic) bond motifs is 1. The van der Waals surface area contributed by atoms with E-state index in [0.717, 1.165) is 46.5 Å². The molecule has 0 saturated carbocycles. The minimum absolute atomic E-state index is 0.0830. The number of rotatable bonds is 10. The normalized spacial score (nSPS) is 12.4. The van der Waals surface area contributed by atoms with E-state index in [0.29, 0.717) is 25.2 Å². The van der Waals surface area contributed by atoms with Gasteiger partial charge in [0.25, 0.3) is 5.56 Å². The van der Waals surface area contributed by atoms with E-state index in [4.69, 9.17) is 4.42 Å². The number of hydrogen-bond donors (Lipinski definition) is 1. The van der Waals surface area contributed by atoms with Crippen LogP contribution in [0.5, 0.6) is 0 Å². The molecular weight excluding hydrogens is 452 g/mol. The van der Waals surface area contributed by atoms with Gasteiger partial charge in [0.2, 0.25) is 0 Å². The van der Waals surface area contributed by atoms with Crippen LogP contribution in [0, 0.1) is 6.92 Å². The number of tetrazole rings is 1. The van der Waals surface area contributed by atoms with Gasteiger partial charge < -0.3 is 9.40 Å². The summed E-state index contributed by atoms with van der Waals surface area (Å²) in [5.74, 6) is 1.60.